The van der Waals surface area contributed by atoms with Crippen molar-refractivity contribution >= 4 is 27.9 Å². The Morgan fingerprint density at radius 3 is 3.04 bits per heavy atom. The molecule has 8 heteroatoms. The van der Waals surface area contributed by atoms with Crippen molar-refractivity contribution in [1.82, 2.24) is 25.1 Å². The number of rotatable bonds is 2. The van der Waals surface area contributed by atoms with Gasteiger partial charge in [0.15, 0.2) is 11.4 Å². The van der Waals surface area contributed by atoms with Crippen LogP contribution in [0.1, 0.15) is 24.6 Å². The number of fused-ring (bicyclic) bond motifs is 3. The predicted octanol–water partition coefficient (Wildman–Crippen LogP) is 2.17. The van der Waals surface area contributed by atoms with Crippen LogP contribution in [0.15, 0.2) is 39.8 Å². The third kappa shape index (κ3) is 2.29. The molecule has 126 valence electrons. The molecular weight excluding hydrogens is 320 g/mol. The van der Waals surface area contributed by atoms with Gasteiger partial charge in [-0.25, -0.2) is 19.9 Å². The largest absolute Gasteiger partial charge is 0.450 e. The second kappa shape index (κ2) is 5.44. The minimum atomic E-state index is -0.270. The number of piperidine rings is 1. The zero-order chi connectivity index (χ0) is 16.8. The van der Waals surface area contributed by atoms with Crippen molar-refractivity contribution < 1.29 is 4.42 Å². The number of nitrogens with one attached hydrogen (secondary N) is 2. The minimum Gasteiger partial charge on any atom is -0.450 e. The van der Waals surface area contributed by atoms with Crippen LogP contribution in [0.25, 0.3) is 22.1 Å². The van der Waals surface area contributed by atoms with Gasteiger partial charge in [0, 0.05) is 24.4 Å². The maximum Gasteiger partial charge on any atom is 0.340 e. The average Bonchev–Trinajstić information content (AvgIpc) is 3.25. The van der Waals surface area contributed by atoms with Gasteiger partial charge in [-0.05, 0) is 25.0 Å². The fraction of sp³-hybridized carbons (Fsp3) is 0.294. The number of aromatic nitrogens is 5. The molecule has 1 aliphatic heterocycles. The highest BCUT2D eigenvalue weighted by atomic mass is 16.3. The Morgan fingerprint density at radius 2 is 2.16 bits per heavy atom. The average molecular weight is 336 g/mol. The molecule has 0 aliphatic carbocycles. The van der Waals surface area contributed by atoms with Crippen LogP contribution in [0.3, 0.4) is 0 Å². The van der Waals surface area contributed by atoms with Crippen molar-refractivity contribution in [3.05, 3.63) is 46.9 Å². The van der Waals surface area contributed by atoms with E-state index < -0.39 is 0 Å². The highest BCUT2D eigenvalue weighted by Crippen LogP contribution is 2.34. The minimum absolute atomic E-state index is 0.155. The van der Waals surface area contributed by atoms with Crippen molar-refractivity contribution in [2.45, 2.75) is 18.8 Å². The maximum atomic E-state index is 11.3. The molecule has 0 saturated carbocycles. The SMILES string of the molecule is O=c1[nH]nc(C2CCCN(c3ncnc4c3oc3ccccc34)C2)[nH]1. The van der Waals surface area contributed by atoms with E-state index in [9.17, 15) is 4.79 Å². The van der Waals surface area contributed by atoms with Gasteiger partial charge in [0.05, 0.1) is 0 Å². The number of hydrogen-bond acceptors (Lipinski definition) is 6. The molecule has 0 radical (unpaired) electrons. The van der Waals surface area contributed by atoms with Crippen molar-refractivity contribution in [2.24, 2.45) is 0 Å². The topological polar surface area (TPSA) is 104 Å². The van der Waals surface area contributed by atoms with Crippen LogP contribution >= 0.6 is 0 Å². The van der Waals surface area contributed by atoms with Gasteiger partial charge in [0.25, 0.3) is 0 Å². The van der Waals surface area contributed by atoms with Gasteiger partial charge >= 0.3 is 5.69 Å². The molecule has 1 atom stereocenters. The van der Waals surface area contributed by atoms with E-state index in [-0.39, 0.29) is 11.6 Å². The smallest absolute Gasteiger partial charge is 0.340 e. The molecule has 1 saturated heterocycles. The summed E-state index contributed by atoms with van der Waals surface area (Å²) in [5, 5.41) is 7.52. The molecule has 5 rings (SSSR count). The zero-order valence-corrected chi connectivity index (χ0v) is 13.4. The van der Waals surface area contributed by atoms with Crippen LogP contribution < -0.4 is 10.6 Å². The fourth-order valence-corrected chi connectivity index (χ4v) is 3.61. The Morgan fingerprint density at radius 1 is 1.24 bits per heavy atom. The molecule has 1 aromatic carbocycles. The molecule has 0 bridgehead atoms. The van der Waals surface area contributed by atoms with Gasteiger partial charge in [-0.3, -0.25) is 4.98 Å². The Kier molecular flexibility index (Phi) is 3.09. The number of hydrogen-bond donors (Lipinski definition) is 2. The first-order valence-electron chi connectivity index (χ1n) is 8.31. The van der Waals surface area contributed by atoms with Crippen LogP contribution in [0, 0.1) is 0 Å². The molecule has 4 heterocycles. The van der Waals surface area contributed by atoms with Gasteiger partial charge in [-0.2, -0.15) is 5.10 Å². The summed E-state index contributed by atoms with van der Waals surface area (Å²) in [6.07, 6.45) is 3.55. The van der Waals surface area contributed by atoms with E-state index in [1.807, 2.05) is 24.3 Å². The summed E-state index contributed by atoms with van der Waals surface area (Å²) in [5.41, 5.74) is 2.08. The number of para-hydroxylation sites is 1. The highest BCUT2D eigenvalue weighted by Gasteiger charge is 2.27. The third-order valence-electron chi connectivity index (χ3n) is 4.77. The summed E-state index contributed by atoms with van der Waals surface area (Å²) in [5.74, 6) is 1.65. The lowest BCUT2D eigenvalue weighted by Crippen LogP contribution is -2.35. The van der Waals surface area contributed by atoms with Crippen LogP contribution in [-0.4, -0.2) is 38.2 Å². The van der Waals surface area contributed by atoms with Crippen molar-refractivity contribution in [2.75, 3.05) is 18.0 Å². The van der Waals surface area contributed by atoms with E-state index in [4.69, 9.17) is 4.42 Å². The molecule has 2 N–H and O–H groups in total. The lowest BCUT2D eigenvalue weighted by molar-refractivity contribution is 0.488. The van der Waals surface area contributed by atoms with E-state index in [2.05, 4.69) is 30.0 Å². The summed E-state index contributed by atoms with van der Waals surface area (Å²) in [7, 11) is 0. The van der Waals surface area contributed by atoms with Crippen LogP contribution in [0.2, 0.25) is 0 Å². The first-order valence-corrected chi connectivity index (χ1v) is 8.31. The highest BCUT2D eigenvalue weighted by molar-refractivity contribution is 6.05. The summed E-state index contributed by atoms with van der Waals surface area (Å²) in [6, 6.07) is 7.87. The van der Waals surface area contributed by atoms with Gasteiger partial charge in [-0.1, -0.05) is 12.1 Å². The lowest BCUT2D eigenvalue weighted by atomic mass is 9.97. The van der Waals surface area contributed by atoms with Gasteiger partial charge < -0.3 is 9.32 Å². The first-order chi connectivity index (χ1) is 12.3. The van der Waals surface area contributed by atoms with Gasteiger partial charge in [-0.15, -0.1) is 0 Å². The third-order valence-corrected chi connectivity index (χ3v) is 4.77. The molecule has 4 aromatic rings. The molecule has 0 amide bonds. The molecule has 1 fully saturated rings. The normalized spacial score (nSPS) is 18.2. The molecule has 8 nitrogen and oxygen atoms in total. The quantitative estimate of drug-likeness (QED) is 0.581. The summed E-state index contributed by atoms with van der Waals surface area (Å²) >= 11 is 0. The van der Waals surface area contributed by atoms with Crippen LogP contribution in [-0.2, 0) is 0 Å². The number of furan rings is 1. The number of nitrogens with zero attached hydrogens (tertiary/aromatic N) is 4. The van der Waals surface area contributed by atoms with Gasteiger partial charge in [0.1, 0.15) is 23.3 Å². The number of aromatic amines is 2. The van der Waals surface area contributed by atoms with Crippen molar-refractivity contribution in [3.63, 3.8) is 0 Å². The molecule has 3 aromatic heterocycles. The molecule has 1 unspecified atom stereocenters. The van der Waals surface area contributed by atoms with E-state index in [1.54, 1.807) is 6.33 Å². The number of H-pyrrole nitrogens is 2. The predicted molar refractivity (Wildman–Crippen MR) is 92.7 cm³/mol. The molecule has 0 spiro atoms. The van der Waals surface area contributed by atoms with E-state index in [0.717, 1.165) is 48.2 Å². The van der Waals surface area contributed by atoms with E-state index >= 15 is 0 Å². The van der Waals surface area contributed by atoms with Crippen molar-refractivity contribution in [1.29, 1.82) is 0 Å². The zero-order valence-electron chi connectivity index (χ0n) is 13.4. The summed E-state index contributed by atoms with van der Waals surface area (Å²) in [6.45, 7) is 1.61. The van der Waals surface area contributed by atoms with Crippen LogP contribution in [0.5, 0.6) is 0 Å². The Bertz CT molecular complexity index is 1110. The Hall–Kier alpha value is -3.16. The number of benzene rings is 1. The lowest BCUT2D eigenvalue weighted by Gasteiger charge is -2.32. The molecule has 1 aliphatic rings. The summed E-state index contributed by atoms with van der Waals surface area (Å²) < 4.78 is 6.04. The Balaban J connectivity index is 1.57. The monoisotopic (exact) mass is 336 g/mol. The second-order valence-corrected chi connectivity index (χ2v) is 6.32. The molecule has 25 heavy (non-hydrogen) atoms. The van der Waals surface area contributed by atoms with Crippen LogP contribution in [0.4, 0.5) is 5.82 Å². The standard InChI is InChI=1S/C17H16N6O2/c24-17-20-15(21-22-17)10-4-3-7-23(8-10)16-14-13(18-9-19-16)11-5-1-2-6-12(11)25-14/h1-2,5-6,9-10H,3-4,7-8H2,(H2,20,21,22,24). The maximum absolute atomic E-state index is 11.3. The fourth-order valence-electron chi connectivity index (χ4n) is 3.61. The first kappa shape index (κ1) is 14.2. The number of anilines is 1. The van der Waals surface area contributed by atoms with E-state index in [0.29, 0.717) is 11.4 Å². The Labute approximate surface area is 141 Å². The van der Waals surface area contributed by atoms with Crippen molar-refractivity contribution in [3.8, 4) is 0 Å². The molecular formula is C17H16N6O2. The second-order valence-electron chi connectivity index (χ2n) is 6.32. The van der Waals surface area contributed by atoms with Gasteiger partial charge in [0.2, 0.25) is 0 Å². The summed E-state index contributed by atoms with van der Waals surface area (Å²) in [4.78, 5) is 25.2. The van der Waals surface area contributed by atoms with E-state index in [1.165, 1.54) is 0 Å².